The first-order valence-corrected chi connectivity index (χ1v) is 9.92. The maximum Gasteiger partial charge on any atom is 0.251 e. The standard InChI is InChI=1S/C23H19ClN4O2/c1-12-3-4-13(22(29)26-2)6-17(12)14-5-15-9-21(27-11-19(15)20(24)8-14)28-23(30)18-7-16(18)10-25/h3-6,8-9,11,16,18H,7H2,1-2H3,(H,26,29)(H,27,28,30)/t16-,18+/m0/s1. The molecule has 0 spiro atoms. The molecule has 0 aliphatic heterocycles. The van der Waals surface area contributed by atoms with Gasteiger partial charge in [0.1, 0.15) is 5.82 Å². The highest BCUT2D eigenvalue weighted by atomic mass is 35.5. The summed E-state index contributed by atoms with van der Waals surface area (Å²) < 4.78 is 0. The highest BCUT2D eigenvalue weighted by Crippen LogP contribution is 2.39. The highest BCUT2D eigenvalue weighted by molar-refractivity contribution is 6.36. The van der Waals surface area contributed by atoms with Crippen LogP contribution < -0.4 is 10.6 Å². The lowest BCUT2D eigenvalue weighted by molar-refractivity contribution is -0.117. The van der Waals surface area contributed by atoms with E-state index in [1.165, 1.54) is 0 Å². The summed E-state index contributed by atoms with van der Waals surface area (Å²) in [6.45, 7) is 1.97. The number of hydrogen-bond donors (Lipinski definition) is 2. The SMILES string of the molecule is CNC(=O)c1ccc(C)c(-c2cc(Cl)c3cnc(NC(=O)[C@@H]4C[C@H]4C#N)cc3c2)c1. The number of hydrogen-bond acceptors (Lipinski definition) is 4. The monoisotopic (exact) mass is 418 g/mol. The van der Waals surface area contributed by atoms with Crippen molar-refractivity contribution in [3.05, 3.63) is 58.7 Å². The Labute approximate surface area is 178 Å². The molecule has 6 nitrogen and oxygen atoms in total. The van der Waals surface area contributed by atoms with E-state index >= 15 is 0 Å². The molecule has 1 fully saturated rings. The van der Waals surface area contributed by atoms with Crippen molar-refractivity contribution in [3.63, 3.8) is 0 Å². The minimum atomic E-state index is -0.266. The Morgan fingerprint density at radius 1 is 1.23 bits per heavy atom. The first-order chi connectivity index (χ1) is 14.4. The van der Waals surface area contributed by atoms with E-state index in [0.717, 1.165) is 27.5 Å². The molecule has 2 aromatic carbocycles. The van der Waals surface area contributed by atoms with Crippen molar-refractivity contribution in [1.29, 1.82) is 5.26 Å². The minimum Gasteiger partial charge on any atom is -0.355 e. The number of carbonyl (C=O) groups is 2. The van der Waals surface area contributed by atoms with Gasteiger partial charge in [-0.05, 0) is 65.8 Å². The maximum atomic E-state index is 12.2. The molecule has 1 aromatic heterocycles. The van der Waals surface area contributed by atoms with Crippen molar-refractivity contribution < 1.29 is 9.59 Å². The predicted octanol–water partition coefficient (Wildman–Crippen LogP) is 4.32. The quantitative estimate of drug-likeness (QED) is 0.659. The minimum absolute atomic E-state index is 0.159. The van der Waals surface area contributed by atoms with E-state index in [1.54, 1.807) is 25.4 Å². The summed E-state index contributed by atoms with van der Waals surface area (Å²) in [5.41, 5.74) is 3.34. The van der Waals surface area contributed by atoms with Gasteiger partial charge in [-0.1, -0.05) is 17.7 Å². The van der Waals surface area contributed by atoms with Gasteiger partial charge < -0.3 is 10.6 Å². The third kappa shape index (κ3) is 3.72. The predicted molar refractivity (Wildman–Crippen MR) is 116 cm³/mol. The summed E-state index contributed by atoms with van der Waals surface area (Å²) >= 11 is 6.51. The van der Waals surface area contributed by atoms with Crippen LogP contribution in [0.5, 0.6) is 0 Å². The van der Waals surface area contributed by atoms with Crippen LogP contribution in [-0.4, -0.2) is 23.8 Å². The molecule has 0 bridgehead atoms. The topological polar surface area (TPSA) is 94.9 Å². The third-order valence-electron chi connectivity index (χ3n) is 5.37. The average Bonchev–Trinajstić information content (AvgIpc) is 3.53. The van der Waals surface area contributed by atoms with Gasteiger partial charge in [-0.3, -0.25) is 9.59 Å². The molecule has 3 aromatic rings. The van der Waals surface area contributed by atoms with Crippen LogP contribution >= 0.6 is 11.6 Å². The molecule has 7 heteroatoms. The largest absolute Gasteiger partial charge is 0.355 e. The fourth-order valence-electron chi connectivity index (χ4n) is 3.50. The number of amides is 2. The zero-order valence-electron chi connectivity index (χ0n) is 16.5. The van der Waals surface area contributed by atoms with Gasteiger partial charge in [-0.2, -0.15) is 5.26 Å². The van der Waals surface area contributed by atoms with Gasteiger partial charge in [0.15, 0.2) is 0 Å². The van der Waals surface area contributed by atoms with Gasteiger partial charge in [0.05, 0.1) is 22.9 Å². The lowest BCUT2D eigenvalue weighted by Gasteiger charge is -2.12. The van der Waals surface area contributed by atoms with Crippen molar-refractivity contribution in [2.75, 3.05) is 12.4 Å². The van der Waals surface area contributed by atoms with Crippen LogP contribution in [0.3, 0.4) is 0 Å². The van der Waals surface area contributed by atoms with Gasteiger partial charge in [0.2, 0.25) is 5.91 Å². The summed E-state index contributed by atoms with van der Waals surface area (Å²) in [5.74, 6) is -0.405. The Balaban J connectivity index is 1.71. The molecular formula is C23H19ClN4O2. The summed E-state index contributed by atoms with van der Waals surface area (Å²) in [6, 6.07) is 13.2. The van der Waals surface area contributed by atoms with Crippen LogP contribution in [0, 0.1) is 30.1 Å². The second-order valence-corrected chi connectivity index (χ2v) is 7.83. The number of nitriles is 1. The smallest absolute Gasteiger partial charge is 0.251 e. The number of benzene rings is 2. The Bertz CT molecular complexity index is 1230. The van der Waals surface area contributed by atoms with Crippen LogP contribution in [0.2, 0.25) is 5.02 Å². The maximum absolute atomic E-state index is 12.2. The number of aromatic nitrogens is 1. The molecule has 2 atom stereocenters. The number of nitrogens with one attached hydrogen (secondary N) is 2. The van der Waals surface area contributed by atoms with Gasteiger partial charge in [0.25, 0.3) is 5.91 Å². The number of halogens is 1. The zero-order chi connectivity index (χ0) is 21.4. The van der Waals surface area contributed by atoms with E-state index < -0.39 is 0 Å². The molecule has 2 amide bonds. The molecule has 1 heterocycles. The van der Waals surface area contributed by atoms with E-state index in [1.807, 2.05) is 31.2 Å². The average molecular weight is 419 g/mol. The number of carbonyl (C=O) groups excluding carboxylic acids is 2. The van der Waals surface area contributed by atoms with E-state index in [0.29, 0.717) is 22.8 Å². The fraction of sp³-hybridized carbons (Fsp3) is 0.217. The van der Waals surface area contributed by atoms with Crippen molar-refractivity contribution in [2.45, 2.75) is 13.3 Å². The Morgan fingerprint density at radius 2 is 2.03 bits per heavy atom. The van der Waals surface area contributed by atoms with Crippen molar-refractivity contribution >= 4 is 40.0 Å². The molecule has 0 unspecified atom stereocenters. The molecule has 4 rings (SSSR count). The van der Waals surface area contributed by atoms with Crippen LogP contribution in [0.1, 0.15) is 22.3 Å². The van der Waals surface area contributed by atoms with Gasteiger partial charge >= 0.3 is 0 Å². The molecule has 30 heavy (non-hydrogen) atoms. The number of nitrogens with zero attached hydrogens (tertiary/aromatic N) is 2. The molecule has 2 N–H and O–H groups in total. The number of aryl methyl sites for hydroxylation is 1. The van der Waals surface area contributed by atoms with Crippen LogP contribution in [0.15, 0.2) is 42.6 Å². The van der Waals surface area contributed by atoms with Crippen molar-refractivity contribution in [3.8, 4) is 17.2 Å². The normalized spacial score (nSPS) is 17.3. The van der Waals surface area contributed by atoms with Crippen LogP contribution in [-0.2, 0) is 4.79 Å². The van der Waals surface area contributed by atoms with E-state index in [4.69, 9.17) is 16.9 Å². The second-order valence-electron chi connectivity index (χ2n) is 7.42. The highest BCUT2D eigenvalue weighted by Gasteiger charge is 2.43. The van der Waals surface area contributed by atoms with E-state index in [-0.39, 0.29) is 23.7 Å². The number of fused-ring (bicyclic) bond motifs is 1. The molecule has 1 saturated carbocycles. The van der Waals surface area contributed by atoms with Gasteiger partial charge in [-0.25, -0.2) is 4.98 Å². The van der Waals surface area contributed by atoms with E-state index in [2.05, 4.69) is 21.7 Å². The zero-order valence-corrected chi connectivity index (χ0v) is 17.2. The van der Waals surface area contributed by atoms with E-state index in [9.17, 15) is 9.59 Å². The fourth-order valence-corrected chi connectivity index (χ4v) is 3.78. The molecule has 150 valence electrons. The number of pyridine rings is 1. The summed E-state index contributed by atoms with van der Waals surface area (Å²) in [6.07, 6.45) is 2.21. The van der Waals surface area contributed by atoms with Gasteiger partial charge in [-0.15, -0.1) is 0 Å². The Morgan fingerprint density at radius 3 is 2.73 bits per heavy atom. The summed E-state index contributed by atoms with van der Waals surface area (Å²) in [5, 5.41) is 16.4. The molecule has 0 radical (unpaired) electrons. The van der Waals surface area contributed by atoms with Gasteiger partial charge in [0, 0.05) is 24.2 Å². The van der Waals surface area contributed by atoms with Crippen LogP contribution in [0.4, 0.5) is 5.82 Å². The molecule has 0 saturated heterocycles. The third-order valence-corrected chi connectivity index (χ3v) is 5.68. The summed E-state index contributed by atoms with van der Waals surface area (Å²) in [4.78, 5) is 28.6. The number of anilines is 1. The van der Waals surface area contributed by atoms with Crippen molar-refractivity contribution in [2.24, 2.45) is 11.8 Å². The first kappa shape index (κ1) is 19.9. The summed E-state index contributed by atoms with van der Waals surface area (Å²) in [7, 11) is 1.60. The van der Waals surface area contributed by atoms with Crippen LogP contribution in [0.25, 0.3) is 21.9 Å². The molecule has 1 aliphatic carbocycles. The Hall–Kier alpha value is -3.43. The lowest BCUT2D eigenvalue weighted by atomic mass is 9.96. The number of rotatable bonds is 4. The van der Waals surface area contributed by atoms with Crippen molar-refractivity contribution in [1.82, 2.24) is 10.3 Å². The molecule has 1 aliphatic rings. The Kier molecular flexibility index (Phi) is 5.15. The second kappa shape index (κ2) is 7.77. The lowest BCUT2D eigenvalue weighted by Crippen LogP contribution is -2.17. The molecular weight excluding hydrogens is 400 g/mol. The first-order valence-electron chi connectivity index (χ1n) is 9.54.